The van der Waals surface area contributed by atoms with Crippen molar-refractivity contribution >= 4 is 40.3 Å². The molecule has 0 atom stereocenters. The number of morpholine rings is 1. The summed E-state index contributed by atoms with van der Waals surface area (Å²) in [6.45, 7) is 7.41. The quantitative estimate of drug-likeness (QED) is 0.546. The number of para-hydroxylation sites is 1. The van der Waals surface area contributed by atoms with Crippen molar-refractivity contribution in [1.29, 1.82) is 0 Å². The number of anilines is 1. The lowest BCUT2D eigenvalue weighted by Crippen LogP contribution is -2.38. The Morgan fingerprint density at radius 2 is 1.65 bits per heavy atom. The number of nitrogens with zero attached hydrogens (tertiary/aromatic N) is 4. The first kappa shape index (κ1) is 23.1. The Hall–Kier alpha value is -2.61. The van der Waals surface area contributed by atoms with Crippen LogP contribution in [0.25, 0.3) is 6.08 Å². The molecule has 178 valence electrons. The van der Waals surface area contributed by atoms with Gasteiger partial charge >= 0.3 is 0 Å². The van der Waals surface area contributed by atoms with Crippen molar-refractivity contribution in [3.8, 4) is 0 Å². The van der Waals surface area contributed by atoms with Gasteiger partial charge in [0.2, 0.25) is 0 Å². The van der Waals surface area contributed by atoms with E-state index in [-0.39, 0.29) is 5.91 Å². The van der Waals surface area contributed by atoms with Crippen LogP contribution in [0.1, 0.15) is 24.8 Å². The number of benzene rings is 2. The number of carbonyl (C=O) groups is 1. The van der Waals surface area contributed by atoms with Crippen LogP contribution in [0.15, 0.2) is 64.5 Å². The van der Waals surface area contributed by atoms with Crippen LogP contribution in [0, 0.1) is 0 Å². The van der Waals surface area contributed by atoms with Crippen LogP contribution in [0.4, 0.5) is 11.4 Å². The second-order valence-electron chi connectivity index (χ2n) is 8.89. The van der Waals surface area contributed by atoms with Crippen molar-refractivity contribution in [1.82, 2.24) is 9.80 Å². The molecular weight excluding hydrogens is 444 g/mol. The van der Waals surface area contributed by atoms with E-state index < -0.39 is 0 Å². The highest BCUT2D eigenvalue weighted by molar-refractivity contribution is 8.18. The van der Waals surface area contributed by atoms with E-state index in [1.54, 1.807) is 0 Å². The van der Waals surface area contributed by atoms with Gasteiger partial charge in [0.1, 0.15) is 0 Å². The van der Waals surface area contributed by atoms with Gasteiger partial charge in [-0.05, 0) is 66.9 Å². The zero-order valence-corrected chi connectivity index (χ0v) is 20.4. The summed E-state index contributed by atoms with van der Waals surface area (Å²) >= 11 is 1.48. The van der Waals surface area contributed by atoms with Gasteiger partial charge in [0.15, 0.2) is 5.17 Å². The Kier molecular flexibility index (Phi) is 7.63. The maximum absolute atomic E-state index is 13.4. The summed E-state index contributed by atoms with van der Waals surface area (Å²) in [5, 5.41) is 0.762. The molecule has 0 aromatic heterocycles. The molecule has 3 aliphatic rings. The number of hydrogen-bond donors (Lipinski definition) is 0. The van der Waals surface area contributed by atoms with Crippen LogP contribution in [-0.2, 0) is 9.53 Å². The maximum atomic E-state index is 13.4. The van der Waals surface area contributed by atoms with E-state index in [4.69, 9.17) is 9.73 Å². The molecule has 34 heavy (non-hydrogen) atoms. The Bertz CT molecular complexity index is 1030. The van der Waals surface area contributed by atoms with E-state index in [9.17, 15) is 4.79 Å². The number of hydrogen-bond acceptors (Lipinski definition) is 6. The zero-order chi connectivity index (χ0) is 23.2. The minimum absolute atomic E-state index is 0.0466. The molecule has 2 aromatic rings. The minimum atomic E-state index is 0.0466. The Morgan fingerprint density at radius 1 is 0.912 bits per heavy atom. The lowest BCUT2D eigenvalue weighted by molar-refractivity contribution is -0.122. The van der Waals surface area contributed by atoms with E-state index in [2.05, 4.69) is 34.1 Å². The average Bonchev–Trinajstić information content (AvgIpc) is 3.51. The third-order valence-corrected chi connectivity index (χ3v) is 7.50. The summed E-state index contributed by atoms with van der Waals surface area (Å²) in [6, 6.07) is 18.4. The predicted molar refractivity (Wildman–Crippen MR) is 141 cm³/mol. The fraction of sp³-hybridized carbons (Fsp3) is 0.407. The van der Waals surface area contributed by atoms with Gasteiger partial charge in [-0.2, -0.15) is 0 Å². The molecule has 7 heteroatoms. The summed E-state index contributed by atoms with van der Waals surface area (Å²) in [6.07, 6.45) is 5.45. The van der Waals surface area contributed by atoms with Crippen molar-refractivity contribution in [3.05, 3.63) is 65.1 Å². The molecule has 2 aromatic carbocycles. The number of carbonyl (C=O) groups excluding carboxylic acids is 1. The van der Waals surface area contributed by atoms with Crippen LogP contribution in [-0.4, -0.2) is 73.4 Å². The van der Waals surface area contributed by atoms with Crippen LogP contribution in [0.2, 0.25) is 0 Å². The molecule has 0 spiro atoms. The molecule has 0 N–H and O–H groups in total. The number of ether oxygens (including phenoxy) is 1. The Balaban J connectivity index is 1.31. The van der Waals surface area contributed by atoms with E-state index in [0.717, 1.165) is 73.7 Å². The van der Waals surface area contributed by atoms with Gasteiger partial charge in [-0.3, -0.25) is 14.6 Å². The van der Waals surface area contributed by atoms with E-state index >= 15 is 0 Å². The molecule has 5 rings (SSSR count). The standard InChI is InChI=1S/C27H32N4O2S/c32-26-25(21-22-9-11-24(12-10-22)30-14-4-5-15-30)34-27(28-23-7-2-1-3-8-23)31(26)16-6-13-29-17-19-33-20-18-29/h1-3,7-12,21H,4-6,13-20H2/b25-21-,28-27?. The Labute approximate surface area is 206 Å². The smallest absolute Gasteiger partial charge is 0.266 e. The summed E-state index contributed by atoms with van der Waals surface area (Å²) in [7, 11) is 0. The first-order chi connectivity index (χ1) is 16.8. The topological polar surface area (TPSA) is 48.4 Å². The number of thioether (sulfide) groups is 1. The van der Waals surface area contributed by atoms with Gasteiger partial charge in [0.05, 0.1) is 23.8 Å². The maximum Gasteiger partial charge on any atom is 0.266 e. The molecule has 0 radical (unpaired) electrons. The molecule has 0 saturated carbocycles. The predicted octanol–water partition coefficient (Wildman–Crippen LogP) is 4.61. The highest BCUT2D eigenvalue weighted by Crippen LogP contribution is 2.34. The van der Waals surface area contributed by atoms with Crippen LogP contribution in [0.3, 0.4) is 0 Å². The lowest BCUT2D eigenvalue weighted by Gasteiger charge is -2.27. The molecule has 3 saturated heterocycles. The number of amides is 1. The monoisotopic (exact) mass is 476 g/mol. The van der Waals surface area contributed by atoms with E-state index in [0.29, 0.717) is 6.54 Å². The fourth-order valence-electron chi connectivity index (χ4n) is 4.59. The average molecular weight is 477 g/mol. The van der Waals surface area contributed by atoms with Crippen molar-refractivity contribution in [2.24, 2.45) is 4.99 Å². The van der Waals surface area contributed by atoms with Gasteiger partial charge in [-0.1, -0.05) is 30.3 Å². The number of rotatable bonds is 7. The third-order valence-electron chi connectivity index (χ3n) is 6.49. The second kappa shape index (κ2) is 11.2. The first-order valence-corrected chi connectivity index (χ1v) is 13.1. The van der Waals surface area contributed by atoms with Gasteiger partial charge in [0, 0.05) is 45.0 Å². The third kappa shape index (κ3) is 5.71. The van der Waals surface area contributed by atoms with E-state index in [1.807, 2.05) is 41.3 Å². The van der Waals surface area contributed by atoms with Gasteiger partial charge in [-0.25, -0.2) is 4.99 Å². The SMILES string of the molecule is O=C1/C(=C/c2ccc(N3CCCC3)cc2)SC(=Nc2ccccc2)N1CCCN1CCOCC1. The molecule has 3 heterocycles. The van der Waals surface area contributed by atoms with Gasteiger partial charge in [0.25, 0.3) is 5.91 Å². The van der Waals surface area contributed by atoms with Crippen molar-refractivity contribution < 1.29 is 9.53 Å². The number of amidine groups is 1. The van der Waals surface area contributed by atoms with Crippen molar-refractivity contribution in [2.45, 2.75) is 19.3 Å². The molecule has 0 bridgehead atoms. The van der Waals surface area contributed by atoms with E-state index in [1.165, 1.54) is 30.3 Å². The van der Waals surface area contributed by atoms with Crippen LogP contribution < -0.4 is 4.90 Å². The normalized spacial score (nSPS) is 21.8. The summed E-state index contributed by atoms with van der Waals surface area (Å²) in [5.41, 5.74) is 3.18. The molecule has 0 aliphatic carbocycles. The second-order valence-corrected chi connectivity index (χ2v) is 9.90. The molecular formula is C27H32N4O2S. The molecule has 6 nitrogen and oxygen atoms in total. The zero-order valence-electron chi connectivity index (χ0n) is 19.6. The largest absolute Gasteiger partial charge is 0.379 e. The molecule has 1 amide bonds. The van der Waals surface area contributed by atoms with Crippen molar-refractivity contribution in [2.75, 3.05) is 57.4 Å². The fourth-order valence-corrected chi connectivity index (χ4v) is 5.61. The lowest BCUT2D eigenvalue weighted by atomic mass is 10.2. The minimum Gasteiger partial charge on any atom is -0.379 e. The summed E-state index contributed by atoms with van der Waals surface area (Å²) in [5.74, 6) is 0.0466. The van der Waals surface area contributed by atoms with Crippen LogP contribution >= 0.6 is 11.8 Å². The Morgan fingerprint density at radius 3 is 2.38 bits per heavy atom. The van der Waals surface area contributed by atoms with Gasteiger partial charge < -0.3 is 9.64 Å². The highest BCUT2D eigenvalue weighted by Gasteiger charge is 2.33. The summed E-state index contributed by atoms with van der Waals surface area (Å²) < 4.78 is 5.45. The summed E-state index contributed by atoms with van der Waals surface area (Å²) in [4.78, 5) is 25.6. The van der Waals surface area contributed by atoms with Crippen LogP contribution in [0.5, 0.6) is 0 Å². The first-order valence-electron chi connectivity index (χ1n) is 12.3. The van der Waals surface area contributed by atoms with Gasteiger partial charge in [-0.15, -0.1) is 0 Å². The number of aliphatic imine (C=N–C) groups is 1. The highest BCUT2D eigenvalue weighted by atomic mass is 32.2. The molecule has 3 fully saturated rings. The molecule has 0 unspecified atom stereocenters. The molecule has 3 aliphatic heterocycles. The van der Waals surface area contributed by atoms with Crippen molar-refractivity contribution in [3.63, 3.8) is 0 Å².